The molecule has 0 amide bonds. The van der Waals surface area contributed by atoms with Gasteiger partial charge in [0.15, 0.2) is 0 Å². The zero-order valence-corrected chi connectivity index (χ0v) is 11.8. The third-order valence-corrected chi connectivity index (χ3v) is 3.58. The average molecular weight is 293 g/mol. The summed E-state index contributed by atoms with van der Waals surface area (Å²) in [5.74, 6) is -0.0249. The molecule has 2 heterocycles. The predicted octanol–water partition coefficient (Wildman–Crippen LogP) is 2.57. The van der Waals surface area contributed by atoms with Crippen molar-refractivity contribution in [1.82, 2.24) is 14.9 Å². The van der Waals surface area contributed by atoms with Gasteiger partial charge in [-0.05, 0) is 25.1 Å². The van der Waals surface area contributed by atoms with Crippen LogP contribution in [0.3, 0.4) is 0 Å². The quantitative estimate of drug-likeness (QED) is 0.945. The van der Waals surface area contributed by atoms with Crippen LogP contribution in [0, 0.1) is 18.6 Å². The minimum absolute atomic E-state index is 0.163. The highest BCUT2D eigenvalue weighted by Gasteiger charge is 2.24. The van der Waals surface area contributed by atoms with Gasteiger partial charge in [-0.1, -0.05) is 0 Å². The summed E-state index contributed by atoms with van der Waals surface area (Å²) in [7, 11) is 0. The van der Waals surface area contributed by atoms with Crippen molar-refractivity contribution in [2.24, 2.45) is 0 Å². The summed E-state index contributed by atoms with van der Waals surface area (Å²) < 4.78 is 32.6. The lowest BCUT2D eigenvalue weighted by Crippen LogP contribution is -2.38. The van der Waals surface area contributed by atoms with Crippen LogP contribution in [-0.2, 0) is 11.3 Å². The van der Waals surface area contributed by atoms with E-state index in [9.17, 15) is 8.78 Å². The molecule has 1 aromatic carbocycles. The lowest BCUT2D eigenvalue weighted by molar-refractivity contribution is -0.0371. The van der Waals surface area contributed by atoms with E-state index in [1.807, 2.05) is 11.8 Å². The highest BCUT2D eigenvalue weighted by Crippen LogP contribution is 2.22. The molecule has 3 rings (SSSR count). The van der Waals surface area contributed by atoms with Crippen LogP contribution in [0.1, 0.15) is 23.2 Å². The number of benzene rings is 1. The molecule has 0 bridgehead atoms. The minimum Gasteiger partial charge on any atom is -0.368 e. The Morgan fingerprint density at radius 1 is 1.43 bits per heavy atom. The number of imidazole rings is 1. The van der Waals surface area contributed by atoms with Gasteiger partial charge in [-0.2, -0.15) is 0 Å². The number of hydrogen-bond acceptors (Lipinski definition) is 3. The fourth-order valence-corrected chi connectivity index (χ4v) is 2.51. The standard InChI is InChI=1S/C15H17F2N3O/c1-10-7-18-15(19-10)14-9-20(4-5-21-14)8-11-6-12(16)2-3-13(11)17/h2-3,6-7,14H,4-5,8-9H2,1H3,(H,18,19)/t14-/m0/s1. The predicted molar refractivity (Wildman–Crippen MR) is 73.7 cm³/mol. The Balaban J connectivity index is 1.70. The Morgan fingerprint density at radius 3 is 3.05 bits per heavy atom. The highest BCUT2D eigenvalue weighted by atomic mass is 19.1. The first-order valence-electron chi connectivity index (χ1n) is 6.91. The van der Waals surface area contributed by atoms with Crippen molar-refractivity contribution < 1.29 is 13.5 Å². The van der Waals surface area contributed by atoms with E-state index < -0.39 is 5.82 Å². The molecule has 0 saturated carbocycles. The van der Waals surface area contributed by atoms with E-state index >= 15 is 0 Å². The molecular weight excluding hydrogens is 276 g/mol. The van der Waals surface area contributed by atoms with E-state index in [1.54, 1.807) is 6.20 Å². The molecule has 0 aliphatic carbocycles. The number of aryl methyl sites for hydroxylation is 1. The number of hydrogen-bond donors (Lipinski definition) is 1. The van der Waals surface area contributed by atoms with Gasteiger partial charge >= 0.3 is 0 Å². The fourth-order valence-electron chi connectivity index (χ4n) is 2.51. The summed E-state index contributed by atoms with van der Waals surface area (Å²) in [6, 6.07) is 3.54. The molecule has 21 heavy (non-hydrogen) atoms. The number of halogens is 2. The van der Waals surface area contributed by atoms with Gasteiger partial charge in [0.1, 0.15) is 23.6 Å². The van der Waals surface area contributed by atoms with Gasteiger partial charge in [0.25, 0.3) is 0 Å². The smallest absolute Gasteiger partial charge is 0.136 e. The second kappa shape index (κ2) is 5.91. The SMILES string of the molecule is Cc1cnc([C@@H]2CN(Cc3cc(F)ccc3F)CCO2)[nH]1. The van der Waals surface area contributed by atoms with Gasteiger partial charge in [0.05, 0.1) is 6.61 Å². The van der Waals surface area contributed by atoms with Crippen molar-refractivity contribution >= 4 is 0 Å². The average Bonchev–Trinajstić information content (AvgIpc) is 2.90. The topological polar surface area (TPSA) is 41.2 Å². The number of rotatable bonds is 3. The lowest BCUT2D eigenvalue weighted by atomic mass is 10.1. The van der Waals surface area contributed by atoms with E-state index in [-0.39, 0.29) is 11.9 Å². The number of ether oxygens (including phenoxy) is 1. The molecule has 1 aliphatic rings. The molecule has 1 aliphatic heterocycles. The maximum Gasteiger partial charge on any atom is 0.136 e. The second-order valence-corrected chi connectivity index (χ2v) is 5.28. The summed E-state index contributed by atoms with van der Waals surface area (Å²) in [4.78, 5) is 9.47. The van der Waals surface area contributed by atoms with Crippen LogP contribution in [0.15, 0.2) is 24.4 Å². The van der Waals surface area contributed by atoms with Crippen molar-refractivity contribution in [2.45, 2.75) is 19.6 Å². The monoisotopic (exact) mass is 293 g/mol. The van der Waals surface area contributed by atoms with Crippen LogP contribution < -0.4 is 0 Å². The Bertz CT molecular complexity index is 629. The van der Waals surface area contributed by atoms with Gasteiger partial charge < -0.3 is 9.72 Å². The van der Waals surface area contributed by atoms with E-state index in [0.717, 1.165) is 17.6 Å². The molecule has 6 heteroatoms. The molecule has 1 atom stereocenters. The van der Waals surface area contributed by atoms with Crippen molar-refractivity contribution in [3.63, 3.8) is 0 Å². The number of nitrogens with zero attached hydrogens (tertiary/aromatic N) is 2. The van der Waals surface area contributed by atoms with Crippen molar-refractivity contribution in [3.05, 3.63) is 53.1 Å². The van der Waals surface area contributed by atoms with Crippen LogP contribution in [0.2, 0.25) is 0 Å². The molecule has 0 spiro atoms. The van der Waals surface area contributed by atoms with Crippen molar-refractivity contribution in [1.29, 1.82) is 0 Å². The summed E-state index contributed by atoms with van der Waals surface area (Å²) in [6.07, 6.45) is 1.59. The molecule has 2 aromatic rings. The first kappa shape index (κ1) is 14.2. The molecular formula is C15H17F2N3O. The van der Waals surface area contributed by atoms with Gasteiger partial charge in [-0.25, -0.2) is 13.8 Å². The molecule has 1 N–H and O–H groups in total. The first-order chi connectivity index (χ1) is 10.1. The maximum atomic E-state index is 13.7. The van der Waals surface area contributed by atoms with Crippen LogP contribution in [0.4, 0.5) is 8.78 Å². The van der Waals surface area contributed by atoms with Gasteiger partial charge in [-0.3, -0.25) is 4.90 Å². The van der Waals surface area contributed by atoms with Gasteiger partial charge in [0, 0.05) is 37.1 Å². The molecule has 4 nitrogen and oxygen atoms in total. The minimum atomic E-state index is -0.419. The Morgan fingerprint density at radius 2 is 2.29 bits per heavy atom. The van der Waals surface area contributed by atoms with Crippen molar-refractivity contribution in [2.75, 3.05) is 19.7 Å². The normalized spacial score (nSPS) is 19.9. The number of morpholine rings is 1. The Kier molecular flexibility index (Phi) is 3.98. The summed E-state index contributed by atoms with van der Waals surface area (Å²) in [6.45, 7) is 4.12. The molecule has 1 fully saturated rings. The van der Waals surface area contributed by atoms with E-state index in [2.05, 4.69) is 9.97 Å². The second-order valence-electron chi connectivity index (χ2n) is 5.28. The van der Waals surface area contributed by atoms with Crippen LogP contribution in [0.5, 0.6) is 0 Å². The zero-order valence-electron chi connectivity index (χ0n) is 11.8. The Labute approximate surface area is 121 Å². The summed E-state index contributed by atoms with van der Waals surface area (Å²) >= 11 is 0. The fraction of sp³-hybridized carbons (Fsp3) is 0.400. The van der Waals surface area contributed by atoms with E-state index in [0.29, 0.717) is 31.8 Å². The van der Waals surface area contributed by atoms with Crippen molar-refractivity contribution in [3.8, 4) is 0 Å². The molecule has 0 radical (unpaired) electrons. The maximum absolute atomic E-state index is 13.7. The molecule has 1 aromatic heterocycles. The van der Waals surface area contributed by atoms with Gasteiger partial charge in [-0.15, -0.1) is 0 Å². The summed E-state index contributed by atoms with van der Waals surface area (Å²) in [5, 5.41) is 0. The lowest BCUT2D eigenvalue weighted by Gasteiger charge is -2.32. The van der Waals surface area contributed by atoms with Crippen LogP contribution in [0.25, 0.3) is 0 Å². The number of nitrogens with one attached hydrogen (secondary N) is 1. The van der Waals surface area contributed by atoms with Crippen LogP contribution >= 0.6 is 0 Å². The molecule has 1 saturated heterocycles. The van der Waals surface area contributed by atoms with Gasteiger partial charge in [0.2, 0.25) is 0 Å². The summed E-state index contributed by atoms with van der Waals surface area (Å²) in [5.41, 5.74) is 1.34. The largest absolute Gasteiger partial charge is 0.368 e. The molecule has 0 unspecified atom stereocenters. The van der Waals surface area contributed by atoms with E-state index in [1.165, 1.54) is 12.1 Å². The first-order valence-corrected chi connectivity index (χ1v) is 6.91. The Hall–Kier alpha value is -1.79. The highest BCUT2D eigenvalue weighted by molar-refractivity contribution is 5.18. The molecule has 112 valence electrons. The zero-order chi connectivity index (χ0) is 14.8. The third-order valence-electron chi connectivity index (χ3n) is 3.58. The number of aromatic amines is 1. The number of aromatic nitrogens is 2. The van der Waals surface area contributed by atoms with Crippen LogP contribution in [-0.4, -0.2) is 34.6 Å². The number of H-pyrrole nitrogens is 1. The third kappa shape index (κ3) is 3.28. The van der Waals surface area contributed by atoms with E-state index in [4.69, 9.17) is 4.74 Å².